The van der Waals surface area contributed by atoms with Crippen LogP contribution >= 0.6 is 22.9 Å². The molecule has 1 fully saturated rings. The summed E-state index contributed by atoms with van der Waals surface area (Å²) in [5, 5.41) is 3.23. The highest BCUT2D eigenvalue weighted by molar-refractivity contribution is 7.15. The first-order valence-corrected chi connectivity index (χ1v) is 7.44. The number of aromatic nitrogens is 1. The van der Waals surface area contributed by atoms with Gasteiger partial charge in [-0.2, -0.15) is 0 Å². The lowest BCUT2D eigenvalue weighted by Crippen LogP contribution is -2.33. The third-order valence-corrected chi connectivity index (χ3v) is 4.51. The van der Waals surface area contributed by atoms with Crippen molar-refractivity contribution >= 4 is 22.9 Å². The van der Waals surface area contributed by atoms with Crippen LogP contribution in [0.3, 0.4) is 0 Å². The van der Waals surface area contributed by atoms with Crippen LogP contribution in [0.15, 0.2) is 6.20 Å². The maximum atomic E-state index is 5.84. The number of piperidine rings is 1. The third-order valence-electron chi connectivity index (χ3n) is 3.41. The molecule has 0 radical (unpaired) electrons. The molecular formula is C12H20ClN3S. The number of halogens is 1. The third kappa shape index (κ3) is 4.21. The average Bonchev–Trinajstić information content (AvgIpc) is 2.74. The van der Waals surface area contributed by atoms with Crippen molar-refractivity contribution in [3.8, 4) is 0 Å². The SMILES string of the molecule is CNCCC1CCN(Cc2cnc(Cl)s2)CC1. The minimum atomic E-state index is 0.656. The number of hydrogen-bond donors (Lipinski definition) is 1. The van der Waals surface area contributed by atoms with Crippen molar-refractivity contribution in [2.24, 2.45) is 5.92 Å². The normalized spacial score (nSPS) is 18.7. The Morgan fingerprint density at radius 1 is 1.53 bits per heavy atom. The lowest BCUT2D eigenvalue weighted by atomic mass is 9.93. The quantitative estimate of drug-likeness (QED) is 0.894. The maximum Gasteiger partial charge on any atom is 0.183 e. The zero-order valence-corrected chi connectivity index (χ0v) is 11.9. The van der Waals surface area contributed by atoms with Crippen LogP contribution < -0.4 is 5.32 Å². The van der Waals surface area contributed by atoms with Gasteiger partial charge in [0.2, 0.25) is 0 Å². The summed E-state index contributed by atoms with van der Waals surface area (Å²) in [6, 6.07) is 0. The molecule has 1 aromatic rings. The minimum Gasteiger partial charge on any atom is -0.320 e. The van der Waals surface area contributed by atoms with E-state index in [2.05, 4.69) is 15.2 Å². The standard InChI is InChI=1S/C12H20ClN3S/c1-14-5-2-10-3-6-16(7-4-10)9-11-8-15-12(13)17-11/h8,10,14H,2-7,9H2,1H3. The average molecular weight is 274 g/mol. The van der Waals surface area contributed by atoms with Crippen molar-refractivity contribution in [3.63, 3.8) is 0 Å². The predicted molar refractivity (Wildman–Crippen MR) is 73.7 cm³/mol. The molecular weight excluding hydrogens is 254 g/mol. The summed E-state index contributed by atoms with van der Waals surface area (Å²) in [6.45, 7) is 4.59. The van der Waals surface area contributed by atoms with Gasteiger partial charge in [0, 0.05) is 17.6 Å². The Hall–Kier alpha value is -0.160. The van der Waals surface area contributed by atoms with Crippen molar-refractivity contribution in [3.05, 3.63) is 15.5 Å². The van der Waals surface area contributed by atoms with Crippen molar-refractivity contribution < 1.29 is 0 Å². The van der Waals surface area contributed by atoms with E-state index in [4.69, 9.17) is 11.6 Å². The first-order chi connectivity index (χ1) is 8.28. The van der Waals surface area contributed by atoms with Crippen molar-refractivity contribution in [1.29, 1.82) is 0 Å². The first kappa shape index (κ1) is 13.3. The molecule has 2 heterocycles. The molecule has 0 aliphatic carbocycles. The molecule has 5 heteroatoms. The van der Waals surface area contributed by atoms with Gasteiger partial charge >= 0.3 is 0 Å². The number of nitrogens with zero attached hydrogens (tertiary/aromatic N) is 2. The second kappa shape index (κ2) is 6.69. The van der Waals surface area contributed by atoms with Crippen LogP contribution in [-0.2, 0) is 6.54 Å². The molecule has 0 bridgehead atoms. The van der Waals surface area contributed by atoms with E-state index >= 15 is 0 Å². The van der Waals surface area contributed by atoms with Crippen LogP contribution in [-0.4, -0.2) is 36.6 Å². The molecule has 0 aromatic carbocycles. The Kier molecular flexibility index (Phi) is 5.22. The molecule has 1 aliphatic heterocycles. The minimum absolute atomic E-state index is 0.656. The van der Waals surface area contributed by atoms with Gasteiger partial charge in [0.25, 0.3) is 0 Å². The van der Waals surface area contributed by atoms with Crippen LogP contribution in [0.1, 0.15) is 24.1 Å². The molecule has 0 amide bonds. The van der Waals surface area contributed by atoms with Crippen molar-refractivity contribution in [2.75, 3.05) is 26.7 Å². The summed E-state index contributed by atoms with van der Waals surface area (Å²) >= 11 is 7.44. The number of rotatable bonds is 5. The maximum absolute atomic E-state index is 5.84. The summed E-state index contributed by atoms with van der Waals surface area (Å²) in [7, 11) is 2.03. The molecule has 1 saturated heterocycles. The second-order valence-electron chi connectivity index (χ2n) is 4.69. The zero-order valence-electron chi connectivity index (χ0n) is 10.3. The fourth-order valence-electron chi connectivity index (χ4n) is 2.36. The Bertz CT molecular complexity index is 334. The molecule has 0 unspecified atom stereocenters. The van der Waals surface area contributed by atoms with Gasteiger partial charge in [0.05, 0.1) is 0 Å². The highest BCUT2D eigenvalue weighted by Gasteiger charge is 2.19. The van der Waals surface area contributed by atoms with Gasteiger partial charge in [0.15, 0.2) is 4.47 Å². The number of likely N-dealkylation sites (tertiary alicyclic amines) is 1. The van der Waals surface area contributed by atoms with Gasteiger partial charge < -0.3 is 5.32 Å². The topological polar surface area (TPSA) is 28.2 Å². The molecule has 3 nitrogen and oxygen atoms in total. The Balaban J connectivity index is 1.72. The monoisotopic (exact) mass is 273 g/mol. The fraction of sp³-hybridized carbons (Fsp3) is 0.750. The van der Waals surface area contributed by atoms with Crippen LogP contribution in [0.4, 0.5) is 0 Å². The molecule has 0 atom stereocenters. The smallest absolute Gasteiger partial charge is 0.183 e. The Morgan fingerprint density at radius 2 is 2.29 bits per heavy atom. The van der Waals surface area contributed by atoms with Gasteiger partial charge in [-0.3, -0.25) is 4.90 Å². The molecule has 1 N–H and O–H groups in total. The molecule has 1 aromatic heterocycles. The molecule has 0 spiro atoms. The Labute approximate surface area is 112 Å². The lowest BCUT2D eigenvalue weighted by Gasteiger charge is -2.31. The highest BCUT2D eigenvalue weighted by Crippen LogP contribution is 2.24. The summed E-state index contributed by atoms with van der Waals surface area (Å²) in [5.41, 5.74) is 0. The van der Waals surface area contributed by atoms with Crippen molar-refractivity contribution in [2.45, 2.75) is 25.8 Å². The van der Waals surface area contributed by atoms with Gasteiger partial charge in [0.1, 0.15) is 0 Å². The van der Waals surface area contributed by atoms with Gasteiger partial charge in [-0.15, -0.1) is 11.3 Å². The van der Waals surface area contributed by atoms with Gasteiger partial charge in [-0.05, 0) is 51.9 Å². The summed E-state index contributed by atoms with van der Waals surface area (Å²) in [4.78, 5) is 7.88. The van der Waals surface area contributed by atoms with E-state index in [1.807, 2.05) is 13.2 Å². The number of hydrogen-bond acceptors (Lipinski definition) is 4. The summed E-state index contributed by atoms with van der Waals surface area (Å²) < 4.78 is 0.656. The largest absolute Gasteiger partial charge is 0.320 e. The van der Waals surface area contributed by atoms with E-state index in [-0.39, 0.29) is 0 Å². The predicted octanol–water partition coefficient (Wildman–Crippen LogP) is 2.62. The number of nitrogens with one attached hydrogen (secondary N) is 1. The van der Waals surface area contributed by atoms with Crippen LogP contribution in [0, 0.1) is 5.92 Å². The lowest BCUT2D eigenvalue weighted by molar-refractivity contribution is 0.173. The highest BCUT2D eigenvalue weighted by atomic mass is 35.5. The van der Waals surface area contributed by atoms with E-state index < -0.39 is 0 Å². The summed E-state index contributed by atoms with van der Waals surface area (Å²) in [5.74, 6) is 0.906. The van der Waals surface area contributed by atoms with Gasteiger partial charge in [-0.25, -0.2) is 4.98 Å². The number of thiazole rings is 1. The first-order valence-electron chi connectivity index (χ1n) is 6.25. The summed E-state index contributed by atoms with van der Waals surface area (Å²) in [6.07, 6.45) is 5.87. The molecule has 17 heavy (non-hydrogen) atoms. The Morgan fingerprint density at radius 3 is 2.88 bits per heavy atom. The van der Waals surface area contributed by atoms with E-state index in [1.54, 1.807) is 11.3 Å². The van der Waals surface area contributed by atoms with Crippen LogP contribution in [0.2, 0.25) is 4.47 Å². The zero-order chi connectivity index (χ0) is 12.1. The van der Waals surface area contributed by atoms with Crippen LogP contribution in [0.5, 0.6) is 0 Å². The van der Waals surface area contributed by atoms with E-state index in [0.29, 0.717) is 4.47 Å². The molecule has 2 rings (SSSR count). The molecule has 1 aliphatic rings. The fourth-order valence-corrected chi connectivity index (χ4v) is 3.38. The molecule has 0 saturated carbocycles. The molecule has 96 valence electrons. The van der Waals surface area contributed by atoms with E-state index in [1.165, 1.54) is 37.2 Å². The van der Waals surface area contributed by atoms with E-state index in [9.17, 15) is 0 Å². The van der Waals surface area contributed by atoms with Gasteiger partial charge in [-0.1, -0.05) is 11.6 Å². The van der Waals surface area contributed by atoms with Crippen LogP contribution in [0.25, 0.3) is 0 Å². The second-order valence-corrected chi connectivity index (χ2v) is 6.39. The van der Waals surface area contributed by atoms with Crippen molar-refractivity contribution in [1.82, 2.24) is 15.2 Å². The van der Waals surface area contributed by atoms with E-state index in [0.717, 1.165) is 19.0 Å².